The SMILES string of the molecule is CC(=O)c1cc(CN=[N+]=[N-])cc(CN=[N+]=[N-])c1. The zero-order valence-corrected chi connectivity index (χ0v) is 9.24. The van der Waals surface area contributed by atoms with Crippen LogP contribution >= 0.6 is 0 Å². The van der Waals surface area contributed by atoms with Crippen LogP contribution in [0.25, 0.3) is 20.9 Å². The van der Waals surface area contributed by atoms with Gasteiger partial charge in [-0.1, -0.05) is 16.3 Å². The van der Waals surface area contributed by atoms with Crippen molar-refractivity contribution in [3.05, 3.63) is 55.8 Å². The lowest BCUT2D eigenvalue weighted by molar-refractivity contribution is 0.101. The lowest BCUT2D eigenvalue weighted by Gasteiger charge is -2.04. The van der Waals surface area contributed by atoms with Crippen LogP contribution in [0.15, 0.2) is 28.4 Å². The molecule has 0 N–H and O–H groups in total. The fourth-order valence-corrected chi connectivity index (χ4v) is 1.37. The van der Waals surface area contributed by atoms with E-state index in [4.69, 9.17) is 11.1 Å². The molecular weight excluding hydrogens is 220 g/mol. The summed E-state index contributed by atoms with van der Waals surface area (Å²) < 4.78 is 0. The van der Waals surface area contributed by atoms with Crippen molar-refractivity contribution in [1.82, 2.24) is 0 Å². The fourth-order valence-electron chi connectivity index (χ4n) is 1.37. The van der Waals surface area contributed by atoms with Crippen LogP contribution in [0.1, 0.15) is 28.4 Å². The Hall–Kier alpha value is -2.49. The van der Waals surface area contributed by atoms with E-state index in [-0.39, 0.29) is 18.9 Å². The molecule has 0 aromatic heterocycles. The lowest BCUT2D eigenvalue weighted by Crippen LogP contribution is -1.96. The van der Waals surface area contributed by atoms with Crippen LogP contribution in [0.4, 0.5) is 0 Å². The van der Waals surface area contributed by atoms with Gasteiger partial charge >= 0.3 is 0 Å². The molecule has 1 aromatic rings. The molecule has 0 atom stereocenters. The summed E-state index contributed by atoms with van der Waals surface area (Å²) in [7, 11) is 0. The second-order valence-electron chi connectivity index (χ2n) is 3.37. The molecule has 0 unspecified atom stereocenters. The third-order valence-electron chi connectivity index (χ3n) is 2.09. The molecule has 17 heavy (non-hydrogen) atoms. The van der Waals surface area contributed by atoms with Crippen molar-refractivity contribution >= 4 is 5.78 Å². The van der Waals surface area contributed by atoms with E-state index in [1.54, 1.807) is 18.2 Å². The maximum atomic E-state index is 11.3. The highest BCUT2D eigenvalue weighted by Crippen LogP contribution is 2.13. The van der Waals surface area contributed by atoms with Crippen LogP contribution in [0.3, 0.4) is 0 Å². The first-order valence-corrected chi connectivity index (χ1v) is 4.83. The number of benzene rings is 1. The molecule has 0 heterocycles. The molecule has 7 nitrogen and oxygen atoms in total. The van der Waals surface area contributed by atoms with Gasteiger partial charge in [0.2, 0.25) is 0 Å². The maximum Gasteiger partial charge on any atom is 0.159 e. The number of carbonyl (C=O) groups is 1. The Morgan fingerprint density at radius 3 is 1.94 bits per heavy atom. The molecule has 0 aliphatic rings. The number of nitrogens with zero attached hydrogens (tertiary/aromatic N) is 6. The van der Waals surface area contributed by atoms with Crippen LogP contribution < -0.4 is 0 Å². The Bertz CT molecular complexity index is 487. The van der Waals surface area contributed by atoms with Gasteiger partial charge in [0.15, 0.2) is 5.78 Å². The average Bonchev–Trinajstić information content (AvgIpc) is 2.33. The monoisotopic (exact) mass is 230 g/mol. The summed E-state index contributed by atoms with van der Waals surface area (Å²) in [5.41, 5.74) is 18.4. The topological polar surface area (TPSA) is 115 Å². The Balaban J connectivity index is 3.12. The molecule has 0 spiro atoms. The molecule has 0 saturated heterocycles. The molecule has 0 saturated carbocycles. The highest BCUT2D eigenvalue weighted by molar-refractivity contribution is 5.94. The van der Waals surface area contributed by atoms with Gasteiger partial charge in [-0.05, 0) is 41.2 Å². The number of rotatable bonds is 5. The minimum atomic E-state index is -0.0880. The molecule has 1 rings (SSSR count). The lowest BCUT2D eigenvalue weighted by atomic mass is 10.0. The van der Waals surface area contributed by atoms with Gasteiger partial charge in [0.25, 0.3) is 0 Å². The van der Waals surface area contributed by atoms with E-state index in [2.05, 4.69) is 20.1 Å². The zero-order valence-electron chi connectivity index (χ0n) is 9.24. The molecule has 0 amide bonds. The van der Waals surface area contributed by atoms with E-state index in [0.717, 1.165) is 11.1 Å². The Kier molecular flexibility index (Phi) is 4.57. The van der Waals surface area contributed by atoms with Crippen molar-refractivity contribution in [2.75, 3.05) is 0 Å². The normalized spacial score (nSPS) is 9.00. The average molecular weight is 230 g/mol. The highest BCUT2D eigenvalue weighted by atomic mass is 16.1. The summed E-state index contributed by atoms with van der Waals surface area (Å²) in [6.07, 6.45) is 0. The van der Waals surface area contributed by atoms with Gasteiger partial charge in [0.1, 0.15) is 0 Å². The summed E-state index contributed by atoms with van der Waals surface area (Å²) in [5, 5.41) is 6.86. The van der Waals surface area contributed by atoms with Gasteiger partial charge in [-0.3, -0.25) is 4.79 Å². The molecule has 0 bridgehead atoms. The van der Waals surface area contributed by atoms with Crippen molar-refractivity contribution in [2.24, 2.45) is 10.2 Å². The first kappa shape index (κ1) is 12.6. The first-order chi connectivity index (χ1) is 8.17. The number of ketones is 1. The summed E-state index contributed by atoms with van der Waals surface area (Å²) in [6.45, 7) is 1.78. The van der Waals surface area contributed by atoms with Crippen LogP contribution in [0.5, 0.6) is 0 Å². The quantitative estimate of drug-likeness (QED) is 0.327. The molecule has 0 aliphatic carbocycles. The number of hydrogen-bond donors (Lipinski definition) is 0. The number of azide groups is 2. The van der Waals surface area contributed by atoms with Crippen molar-refractivity contribution in [3.8, 4) is 0 Å². The van der Waals surface area contributed by atoms with Crippen molar-refractivity contribution < 1.29 is 4.79 Å². The van der Waals surface area contributed by atoms with Gasteiger partial charge in [0.05, 0.1) is 13.1 Å². The van der Waals surface area contributed by atoms with Crippen molar-refractivity contribution in [2.45, 2.75) is 20.0 Å². The summed E-state index contributed by atoms with van der Waals surface area (Å²) in [5.74, 6) is -0.0880. The van der Waals surface area contributed by atoms with E-state index in [1.165, 1.54) is 6.92 Å². The molecule has 7 heteroatoms. The Morgan fingerprint density at radius 2 is 1.59 bits per heavy atom. The minimum Gasteiger partial charge on any atom is -0.295 e. The molecule has 1 aromatic carbocycles. The molecule has 0 fully saturated rings. The smallest absolute Gasteiger partial charge is 0.159 e. The van der Waals surface area contributed by atoms with Gasteiger partial charge < -0.3 is 0 Å². The van der Waals surface area contributed by atoms with Crippen LogP contribution in [-0.4, -0.2) is 5.78 Å². The van der Waals surface area contributed by atoms with Gasteiger partial charge in [0, 0.05) is 15.4 Å². The molecular formula is C10H10N6O. The summed E-state index contributed by atoms with van der Waals surface area (Å²) >= 11 is 0. The number of carbonyl (C=O) groups excluding carboxylic acids is 1. The first-order valence-electron chi connectivity index (χ1n) is 4.83. The zero-order chi connectivity index (χ0) is 12.7. The third-order valence-corrected chi connectivity index (χ3v) is 2.09. The maximum absolute atomic E-state index is 11.3. The molecule has 0 aliphatic heterocycles. The van der Waals surface area contributed by atoms with Gasteiger partial charge in [-0.2, -0.15) is 0 Å². The predicted molar refractivity (Wildman–Crippen MR) is 62.1 cm³/mol. The minimum absolute atomic E-state index is 0.0880. The third kappa shape index (κ3) is 3.87. The van der Waals surface area contributed by atoms with E-state index in [0.29, 0.717) is 5.56 Å². The van der Waals surface area contributed by atoms with Gasteiger partial charge in [-0.25, -0.2) is 0 Å². The van der Waals surface area contributed by atoms with E-state index >= 15 is 0 Å². The van der Waals surface area contributed by atoms with Crippen LogP contribution in [-0.2, 0) is 13.1 Å². The Morgan fingerprint density at radius 1 is 1.12 bits per heavy atom. The second-order valence-corrected chi connectivity index (χ2v) is 3.37. The largest absolute Gasteiger partial charge is 0.295 e. The number of hydrogen-bond acceptors (Lipinski definition) is 3. The standard InChI is InChI=1S/C10H10N6O/c1-7(17)10-3-8(5-13-15-11)2-9(4-10)6-14-16-12/h2-4H,5-6H2,1H3. The molecule has 0 radical (unpaired) electrons. The Labute approximate surface area is 97.3 Å². The van der Waals surface area contributed by atoms with E-state index in [9.17, 15) is 4.79 Å². The van der Waals surface area contributed by atoms with Crippen molar-refractivity contribution in [3.63, 3.8) is 0 Å². The van der Waals surface area contributed by atoms with Crippen LogP contribution in [0.2, 0.25) is 0 Å². The van der Waals surface area contributed by atoms with Gasteiger partial charge in [-0.15, -0.1) is 0 Å². The number of Topliss-reactive ketones (excluding diaryl/α,β-unsaturated/α-hetero) is 1. The summed E-state index contributed by atoms with van der Waals surface area (Å²) in [6, 6.07) is 5.07. The fraction of sp³-hybridized carbons (Fsp3) is 0.300. The van der Waals surface area contributed by atoms with E-state index in [1.807, 2.05) is 0 Å². The second kappa shape index (κ2) is 6.17. The van der Waals surface area contributed by atoms with Crippen molar-refractivity contribution in [1.29, 1.82) is 0 Å². The molecule has 86 valence electrons. The van der Waals surface area contributed by atoms with E-state index < -0.39 is 0 Å². The van der Waals surface area contributed by atoms with Crippen LogP contribution in [0, 0.1) is 0 Å². The summed E-state index contributed by atoms with van der Waals surface area (Å²) in [4.78, 5) is 16.6. The predicted octanol–water partition coefficient (Wildman–Crippen LogP) is 3.51. The highest BCUT2D eigenvalue weighted by Gasteiger charge is 2.04.